The van der Waals surface area contributed by atoms with Crippen LogP contribution < -0.4 is 24.4 Å². The van der Waals surface area contributed by atoms with Crippen molar-refractivity contribution in [1.82, 2.24) is 9.13 Å². The first-order valence-electron chi connectivity index (χ1n) is 14.5. The molecular formula is C34H35N3O7S. The number of methoxy groups -OCH3 is 2. The summed E-state index contributed by atoms with van der Waals surface area (Å²) in [4.78, 5) is 44.8. The van der Waals surface area contributed by atoms with E-state index in [1.807, 2.05) is 38.1 Å². The Morgan fingerprint density at radius 1 is 0.933 bits per heavy atom. The molecule has 1 aliphatic rings. The molecule has 3 heterocycles. The summed E-state index contributed by atoms with van der Waals surface area (Å²) < 4.78 is 25.7. The van der Waals surface area contributed by atoms with Crippen molar-refractivity contribution in [3.05, 3.63) is 108 Å². The molecule has 234 valence electrons. The van der Waals surface area contributed by atoms with E-state index in [-0.39, 0.29) is 23.7 Å². The van der Waals surface area contributed by atoms with Gasteiger partial charge in [0.05, 0.1) is 48.8 Å². The third kappa shape index (κ3) is 5.83. The van der Waals surface area contributed by atoms with Crippen LogP contribution in [0.5, 0.6) is 11.5 Å². The fourth-order valence-corrected chi connectivity index (χ4v) is 6.61. The number of esters is 2. The second kappa shape index (κ2) is 13.0. The van der Waals surface area contributed by atoms with E-state index >= 15 is 0 Å². The first-order chi connectivity index (χ1) is 21.6. The molecular weight excluding hydrogens is 594 g/mol. The molecule has 0 amide bonds. The van der Waals surface area contributed by atoms with Gasteiger partial charge in [-0.3, -0.25) is 9.36 Å². The van der Waals surface area contributed by atoms with Crippen molar-refractivity contribution in [3.63, 3.8) is 0 Å². The molecule has 2 aromatic heterocycles. The lowest BCUT2D eigenvalue weighted by Gasteiger charge is -2.26. The zero-order chi connectivity index (χ0) is 32.4. The summed E-state index contributed by atoms with van der Waals surface area (Å²) in [6, 6.07) is 13.6. The number of rotatable bonds is 9. The predicted octanol–water partition coefficient (Wildman–Crippen LogP) is 4.40. The van der Waals surface area contributed by atoms with Gasteiger partial charge in [-0.2, -0.15) is 0 Å². The number of fused-ring (bicyclic) bond motifs is 1. The molecule has 1 unspecified atom stereocenters. The van der Waals surface area contributed by atoms with Crippen LogP contribution in [0.3, 0.4) is 0 Å². The molecule has 0 radical (unpaired) electrons. The highest BCUT2D eigenvalue weighted by Gasteiger charge is 2.35. The molecule has 0 saturated carbocycles. The molecule has 0 saturated heterocycles. The fourth-order valence-electron chi connectivity index (χ4n) is 5.57. The average Bonchev–Trinajstić information content (AvgIpc) is 3.49. The Labute approximate surface area is 264 Å². The standard InChI is InChI=1S/C34H35N3O7S/c1-8-43-32(39)22-10-12-24(13-11-22)36-19(3)16-23(21(36)5)17-28-31(38)37-30(26-18-25(41-6)14-15-27(26)42-7)29(33(40)44-9-2)20(4)35-34(37)45-28/h10-18,30H,8-9H2,1-7H3/b28-17+. The van der Waals surface area contributed by atoms with Crippen molar-refractivity contribution in [2.24, 2.45) is 4.99 Å². The molecule has 2 aromatic carbocycles. The van der Waals surface area contributed by atoms with Crippen molar-refractivity contribution in [2.45, 2.75) is 40.7 Å². The van der Waals surface area contributed by atoms with E-state index in [0.717, 1.165) is 22.6 Å². The monoisotopic (exact) mass is 629 g/mol. The van der Waals surface area contributed by atoms with Crippen LogP contribution in [0.15, 0.2) is 69.6 Å². The highest BCUT2D eigenvalue weighted by atomic mass is 32.1. The van der Waals surface area contributed by atoms with E-state index < -0.39 is 12.0 Å². The first-order valence-corrected chi connectivity index (χ1v) is 15.3. The van der Waals surface area contributed by atoms with Gasteiger partial charge in [-0.25, -0.2) is 14.6 Å². The Morgan fingerprint density at radius 2 is 1.62 bits per heavy atom. The maximum atomic E-state index is 14.2. The smallest absolute Gasteiger partial charge is 0.338 e. The first kappa shape index (κ1) is 31.5. The van der Waals surface area contributed by atoms with E-state index in [2.05, 4.69) is 9.56 Å². The van der Waals surface area contributed by atoms with Gasteiger partial charge in [0, 0.05) is 22.6 Å². The molecule has 45 heavy (non-hydrogen) atoms. The van der Waals surface area contributed by atoms with E-state index in [9.17, 15) is 14.4 Å². The molecule has 4 aromatic rings. The Morgan fingerprint density at radius 3 is 2.27 bits per heavy atom. The Bertz CT molecular complexity index is 2000. The second-order valence-electron chi connectivity index (χ2n) is 10.3. The zero-order valence-corrected chi connectivity index (χ0v) is 27.1. The zero-order valence-electron chi connectivity index (χ0n) is 26.3. The summed E-state index contributed by atoms with van der Waals surface area (Å²) in [5, 5.41) is 0. The van der Waals surface area contributed by atoms with Gasteiger partial charge < -0.3 is 23.5 Å². The largest absolute Gasteiger partial charge is 0.497 e. The third-order valence-electron chi connectivity index (χ3n) is 7.64. The second-order valence-corrected chi connectivity index (χ2v) is 11.3. The minimum Gasteiger partial charge on any atom is -0.497 e. The van der Waals surface area contributed by atoms with Crippen LogP contribution in [0.1, 0.15) is 59.7 Å². The number of benzene rings is 2. The number of hydrogen-bond donors (Lipinski definition) is 0. The number of allylic oxidation sites excluding steroid dienone is 1. The van der Waals surface area contributed by atoms with Crippen LogP contribution in [-0.4, -0.2) is 48.5 Å². The molecule has 10 nitrogen and oxygen atoms in total. The summed E-state index contributed by atoms with van der Waals surface area (Å²) in [5.74, 6) is 0.116. The Hall–Kier alpha value is -4.90. The molecule has 1 atom stereocenters. The maximum absolute atomic E-state index is 14.2. The lowest BCUT2D eigenvalue weighted by atomic mass is 9.94. The van der Waals surface area contributed by atoms with Gasteiger partial charge in [0.25, 0.3) is 5.56 Å². The van der Waals surface area contributed by atoms with Gasteiger partial charge in [-0.1, -0.05) is 11.3 Å². The van der Waals surface area contributed by atoms with E-state index in [0.29, 0.717) is 44.3 Å². The normalized spacial score (nSPS) is 14.6. The Balaban J connectivity index is 1.66. The van der Waals surface area contributed by atoms with Crippen LogP contribution >= 0.6 is 11.3 Å². The summed E-state index contributed by atoms with van der Waals surface area (Å²) >= 11 is 1.25. The van der Waals surface area contributed by atoms with E-state index in [4.69, 9.17) is 18.9 Å². The minimum absolute atomic E-state index is 0.170. The average molecular weight is 630 g/mol. The summed E-state index contributed by atoms with van der Waals surface area (Å²) in [6.07, 6.45) is 1.85. The number of ether oxygens (including phenoxy) is 4. The van der Waals surface area contributed by atoms with Crippen molar-refractivity contribution in [1.29, 1.82) is 0 Å². The van der Waals surface area contributed by atoms with Crippen LogP contribution in [0, 0.1) is 13.8 Å². The third-order valence-corrected chi connectivity index (χ3v) is 8.62. The van der Waals surface area contributed by atoms with Gasteiger partial charge in [0.15, 0.2) is 4.80 Å². The van der Waals surface area contributed by atoms with E-state index in [1.165, 1.54) is 23.0 Å². The minimum atomic E-state index is -0.849. The number of nitrogens with zero attached hydrogens (tertiary/aromatic N) is 3. The maximum Gasteiger partial charge on any atom is 0.338 e. The van der Waals surface area contributed by atoms with Crippen molar-refractivity contribution >= 4 is 29.4 Å². The van der Waals surface area contributed by atoms with Crippen LogP contribution in [0.25, 0.3) is 11.8 Å². The van der Waals surface area contributed by atoms with Crippen LogP contribution in [0.2, 0.25) is 0 Å². The van der Waals surface area contributed by atoms with Gasteiger partial charge >= 0.3 is 11.9 Å². The molecule has 0 N–H and O–H groups in total. The van der Waals surface area contributed by atoms with Crippen molar-refractivity contribution in [3.8, 4) is 17.2 Å². The topological polar surface area (TPSA) is 110 Å². The molecule has 0 bridgehead atoms. The molecule has 0 aliphatic carbocycles. The van der Waals surface area contributed by atoms with Gasteiger partial charge in [0.2, 0.25) is 0 Å². The van der Waals surface area contributed by atoms with Gasteiger partial charge in [0.1, 0.15) is 17.5 Å². The van der Waals surface area contributed by atoms with Crippen LogP contribution in [0.4, 0.5) is 0 Å². The number of thiazole rings is 1. The lowest BCUT2D eigenvalue weighted by molar-refractivity contribution is -0.139. The summed E-state index contributed by atoms with van der Waals surface area (Å²) in [5.41, 5.74) is 5.06. The Kier molecular flexibility index (Phi) is 9.10. The highest BCUT2D eigenvalue weighted by molar-refractivity contribution is 7.07. The van der Waals surface area contributed by atoms with Crippen LogP contribution in [-0.2, 0) is 14.3 Å². The van der Waals surface area contributed by atoms with Gasteiger partial charge in [-0.05, 0) is 94.8 Å². The van der Waals surface area contributed by atoms with Gasteiger partial charge in [-0.15, -0.1) is 0 Å². The highest BCUT2D eigenvalue weighted by Crippen LogP contribution is 2.38. The fraction of sp³-hybridized carbons (Fsp3) is 0.294. The number of aromatic nitrogens is 2. The SMILES string of the molecule is CCOC(=O)C1=C(C)N=c2s/c(=C/c3cc(C)n(-c4ccc(C(=O)OCC)cc4)c3C)c(=O)n2C1c1cc(OC)ccc1OC. The molecule has 0 spiro atoms. The van der Waals surface area contributed by atoms with Crippen molar-refractivity contribution in [2.75, 3.05) is 27.4 Å². The summed E-state index contributed by atoms with van der Waals surface area (Å²) in [7, 11) is 3.09. The molecule has 11 heteroatoms. The number of aryl methyl sites for hydroxylation is 1. The quantitative estimate of drug-likeness (QED) is 0.253. The summed E-state index contributed by atoms with van der Waals surface area (Å²) in [6.45, 7) is 9.68. The molecule has 1 aliphatic heterocycles. The molecule has 0 fully saturated rings. The number of carbonyl (C=O) groups is 2. The lowest BCUT2D eigenvalue weighted by Crippen LogP contribution is -2.40. The van der Waals surface area contributed by atoms with Crippen molar-refractivity contribution < 1.29 is 28.5 Å². The molecule has 5 rings (SSSR count). The number of hydrogen-bond acceptors (Lipinski definition) is 9. The predicted molar refractivity (Wildman–Crippen MR) is 171 cm³/mol. The van der Waals surface area contributed by atoms with E-state index in [1.54, 1.807) is 58.2 Å². The number of carbonyl (C=O) groups excluding carboxylic acids is 2.